The van der Waals surface area contributed by atoms with Gasteiger partial charge in [0.1, 0.15) is 0 Å². The average Bonchev–Trinajstić information content (AvgIpc) is 2.85. The Morgan fingerprint density at radius 3 is 1.83 bits per heavy atom. The molecule has 2 heteroatoms. The summed E-state index contributed by atoms with van der Waals surface area (Å²) in [7, 11) is -2.51. The minimum atomic E-state index is -2.51. The molecule has 0 spiro atoms. The van der Waals surface area contributed by atoms with Gasteiger partial charge in [0.05, 0.1) is 6.61 Å². The van der Waals surface area contributed by atoms with E-state index < -0.39 is 8.32 Å². The van der Waals surface area contributed by atoms with Crippen LogP contribution in [0.3, 0.4) is 0 Å². The van der Waals surface area contributed by atoms with Crippen LogP contribution in [0.1, 0.15) is 80.6 Å². The Morgan fingerprint density at radius 2 is 1.43 bits per heavy atom. The maximum absolute atomic E-state index is 7.12. The van der Waals surface area contributed by atoms with Crippen molar-refractivity contribution >= 4 is 18.7 Å². The molecule has 0 aromatic heterocycles. The summed E-state index contributed by atoms with van der Waals surface area (Å²) in [5, 5.41) is 2.66. The van der Waals surface area contributed by atoms with Crippen molar-refractivity contribution < 1.29 is 4.43 Å². The maximum atomic E-state index is 7.12. The molecular weight excluding hydrogens is 440 g/mol. The molecule has 0 aliphatic carbocycles. The first-order chi connectivity index (χ1) is 16.6. The molecular formula is C33H48OSi. The van der Waals surface area contributed by atoms with Crippen molar-refractivity contribution in [3.8, 4) is 0 Å². The molecule has 0 aliphatic heterocycles. The highest BCUT2D eigenvalue weighted by Gasteiger charge is 2.49. The lowest BCUT2D eigenvalue weighted by molar-refractivity contribution is 0.323. The first-order valence-corrected chi connectivity index (χ1v) is 15.2. The summed E-state index contributed by atoms with van der Waals surface area (Å²) in [5.74, 6) is 0. The van der Waals surface area contributed by atoms with E-state index in [4.69, 9.17) is 4.43 Å². The highest BCUT2D eigenvalue weighted by atomic mass is 28.4. The van der Waals surface area contributed by atoms with Crippen molar-refractivity contribution in [1.82, 2.24) is 0 Å². The smallest absolute Gasteiger partial charge is 0.261 e. The lowest BCUT2D eigenvalue weighted by Crippen LogP contribution is -2.66. The Bertz CT molecular complexity index is 922. The van der Waals surface area contributed by atoms with Gasteiger partial charge in [-0.05, 0) is 66.8 Å². The molecule has 0 saturated carbocycles. The number of hydrogen-bond acceptors (Lipinski definition) is 1. The van der Waals surface area contributed by atoms with Crippen LogP contribution in [-0.2, 0) is 4.43 Å². The van der Waals surface area contributed by atoms with Gasteiger partial charge in [-0.2, -0.15) is 0 Å². The van der Waals surface area contributed by atoms with Gasteiger partial charge in [-0.3, -0.25) is 0 Å². The molecule has 0 N–H and O–H groups in total. The van der Waals surface area contributed by atoms with Crippen molar-refractivity contribution in [2.24, 2.45) is 5.41 Å². The zero-order valence-corrected chi connectivity index (χ0v) is 24.4. The van der Waals surface area contributed by atoms with Gasteiger partial charge in [-0.1, -0.05) is 125 Å². The molecule has 0 amide bonds. The third kappa shape index (κ3) is 7.41. The first kappa shape index (κ1) is 29.1. The summed E-state index contributed by atoms with van der Waals surface area (Å²) in [5.41, 5.74) is 3.01. The van der Waals surface area contributed by atoms with Crippen LogP contribution in [0.5, 0.6) is 0 Å². The molecule has 0 saturated heterocycles. The second-order valence-electron chi connectivity index (χ2n) is 11.1. The fourth-order valence-corrected chi connectivity index (χ4v) is 9.69. The number of rotatable bonds is 13. The Hall–Kier alpha value is -2.16. The molecule has 0 heterocycles. The van der Waals surface area contributed by atoms with Crippen molar-refractivity contribution in [3.05, 3.63) is 96.6 Å². The third-order valence-electron chi connectivity index (χ3n) is 7.45. The van der Waals surface area contributed by atoms with E-state index in [0.717, 1.165) is 32.1 Å². The molecule has 0 fully saturated rings. The zero-order chi connectivity index (χ0) is 26.0. The molecule has 0 aliphatic rings. The normalized spacial score (nSPS) is 14.3. The Balaban J connectivity index is 2.38. The SMILES string of the molecule is C=CC(CC)(CCC=C(C)C)C/C(=C/CO[Si](c1ccccc1)(c1ccccc1)C(C)(C)C)CC. The first-order valence-electron chi connectivity index (χ1n) is 13.3. The monoisotopic (exact) mass is 488 g/mol. The van der Waals surface area contributed by atoms with E-state index in [1.54, 1.807) is 0 Å². The van der Waals surface area contributed by atoms with Gasteiger partial charge in [0.25, 0.3) is 8.32 Å². The van der Waals surface area contributed by atoms with E-state index >= 15 is 0 Å². The molecule has 2 aromatic rings. The van der Waals surface area contributed by atoms with E-state index in [1.807, 2.05) is 0 Å². The van der Waals surface area contributed by atoms with Crippen LogP contribution in [0.15, 0.2) is 96.6 Å². The quantitative estimate of drug-likeness (QED) is 0.202. The van der Waals surface area contributed by atoms with Crippen molar-refractivity contribution in [3.63, 3.8) is 0 Å². The van der Waals surface area contributed by atoms with Crippen LogP contribution in [0.4, 0.5) is 0 Å². The number of hydrogen-bond donors (Lipinski definition) is 0. The summed E-state index contributed by atoms with van der Waals surface area (Å²) in [6.07, 6.45) is 12.4. The van der Waals surface area contributed by atoms with E-state index in [9.17, 15) is 0 Å². The summed E-state index contributed by atoms with van der Waals surface area (Å²) in [4.78, 5) is 0. The topological polar surface area (TPSA) is 9.23 Å². The summed E-state index contributed by atoms with van der Waals surface area (Å²) in [6.45, 7) is 20.8. The summed E-state index contributed by atoms with van der Waals surface area (Å²) < 4.78 is 7.12. The second kappa shape index (κ2) is 13.2. The van der Waals surface area contributed by atoms with E-state index in [0.29, 0.717) is 6.61 Å². The molecule has 0 bridgehead atoms. The lowest BCUT2D eigenvalue weighted by atomic mass is 9.75. The van der Waals surface area contributed by atoms with Crippen molar-refractivity contribution in [1.29, 1.82) is 0 Å². The molecule has 1 atom stereocenters. The second-order valence-corrected chi connectivity index (χ2v) is 15.4. The van der Waals surface area contributed by atoms with Gasteiger partial charge in [0.2, 0.25) is 0 Å². The van der Waals surface area contributed by atoms with Crippen LogP contribution in [-0.4, -0.2) is 14.9 Å². The van der Waals surface area contributed by atoms with Gasteiger partial charge < -0.3 is 4.43 Å². The molecule has 0 radical (unpaired) electrons. The molecule has 2 rings (SSSR count). The summed E-state index contributed by atoms with van der Waals surface area (Å²) in [6, 6.07) is 21.8. The van der Waals surface area contributed by atoms with Crippen molar-refractivity contribution in [2.75, 3.05) is 6.61 Å². The highest BCUT2D eigenvalue weighted by molar-refractivity contribution is 6.99. The number of benzene rings is 2. The van der Waals surface area contributed by atoms with Crippen LogP contribution >= 0.6 is 0 Å². The standard InChI is InChI=1S/C33H48OSi/c1-9-29(27-33(10-2,11-3)25-18-19-28(4)5)24-26-34-35(32(6,7)8,30-20-14-12-15-21-30)31-22-16-13-17-23-31/h10,12-17,19-24H,2,9,11,18,25-27H2,1,3-8H3/b29-24+. The van der Waals surface area contributed by atoms with Gasteiger partial charge in [0.15, 0.2) is 0 Å². The number of allylic oxidation sites excluding steroid dienone is 4. The molecule has 190 valence electrons. The van der Waals surface area contributed by atoms with E-state index in [-0.39, 0.29) is 10.5 Å². The van der Waals surface area contributed by atoms with Crippen LogP contribution in [0.25, 0.3) is 0 Å². The van der Waals surface area contributed by atoms with Gasteiger partial charge in [-0.15, -0.1) is 6.58 Å². The van der Waals surface area contributed by atoms with Crippen LogP contribution in [0.2, 0.25) is 5.04 Å². The fourth-order valence-electron chi connectivity index (χ4n) is 5.20. The molecule has 35 heavy (non-hydrogen) atoms. The van der Waals surface area contributed by atoms with Gasteiger partial charge >= 0.3 is 0 Å². The Morgan fingerprint density at radius 1 is 0.886 bits per heavy atom. The molecule has 1 nitrogen and oxygen atoms in total. The van der Waals surface area contributed by atoms with E-state index in [1.165, 1.54) is 21.5 Å². The molecule has 2 aromatic carbocycles. The zero-order valence-electron chi connectivity index (χ0n) is 23.4. The van der Waals surface area contributed by atoms with Crippen molar-refractivity contribution in [2.45, 2.75) is 85.6 Å². The maximum Gasteiger partial charge on any atom is 0.261 e. The highest BCUT2D eigenvalue weighted by Crippen LogP contribution is 2.39. The van der Waals surface area contributed by atoms with E-state index in [2.05, 4.69) is 134 Å². The minimum Gasteiger partial charge on any atom is -0.404 e. The predicted octanol–water partition coefficient (Wildman–Crippen LogP) is 8.62. The fraction of sp³-hybridized carbons (Fsp3) is 0.455. The average molecular weight is 489 g/mol. The minimum absolute atomic E-state index is 0.00539. The van der Waals surface area contributed by atoms with Crippen LogP contribution < -0.4 is 10.4 Å². The Labute approximate surface area is 217 Å². The predicted molar refractivity (Wildman–Crippen MR) is 158 cm³/mol. The lowest BCUT2D eigenvalue weighted by Gasteiger charge is -2.43. The molecule has 1 unspecified atom stereocenters. The third-order valence-corrected chi connectivity index (χ3v) is 12.5. The van der Waals surface area contributed by atoms with Crippen LogP contribution in [0, 0.1) is 5.41 Å². The largest absolute Gasteiger partial charge is 0.404 e. The summed E-state index contributed by atoms with van der Waals surface area (Å²) >= 11 is 0. The van der Waals surface area contributed by atoms with Gasteiger partial charge in [-0.25, -0.2) is 0 Å². The van der Waals surface area contributed by atoms with Gasteiger partial charge in [0, 0.05) is 0 Å². The Kier molecular flexibility index (Phi) is 11.0.